The first-order chi connectivity index (χ1) is 17.1. The highest BCUT2D eigenvalue weighted by molar-refractivity contribution is 6.37. The Morgan fingerprint density at radius 3 is 2.06 bits per heavy atom. The van der Waals surface area contributed by atoms with Crippen LogP contribution in [0.5, 0.6) is 0 Å². The molecule has 0 radical (unpaired) electrons. The van der Waals surface area contributed by atoms with Gasteiger partial charge in [0.2, 0.25) is 5.89 Å². The summed E-state index contributed by atoms with van der Waals surface area (Å²) >= 11 is 0. The lowest BCUT2D eigenvalue weighted by Crippen LogP contribution is -2.28. The third-order valence-corrected chi connectivity index (χ3v) is 6.28. The van der Waals surface area contributed by atoms with Gasteiger partial charge in [0.25, 0.3) is 0 Å². The first kappa shape index (κ1) is 22.5. The summed E-state index contributed by atoms with van der Waals surface area (Å²) in [6.45, 7) is 3.74. The normalized spacial score (nSPS) is 17.6. The zero-order valence-electron chi connectivity index (χ0n) is 19.6. The van der Waals surface area contributed by atoms with Gasteiger partial charge < -0.3 is 9.15 Å². The number of esters is 1. The van der Waals surface area contributed by atoms with E-state index in [1.165, 1.54) is 0 Å². The summed E-state index contributed by atoms with van der Waals surface area (Å²) in [5, 5.41) is 0. The Morgan fingerprint density at radius 1 is 0.886 bits per heavy atom. The second-order valence-corrected chi connectivity index (χ2v) is 8.43. The number of hydrogen-bond acceptors (Lipinski definition) is 5. The third kappa shape index (κ3) is 4.10. The van der Waals surface area contributed by atoms with Crippen LogP contribution < -0.4 is 0 Å². The Bertz CT molecular complexity index is 1390. The number of oxazole rings is 1. The fourth-order valence-corrected chi connectivity index (χ4v) is 4.77. The number of carbonyl (C=O) groups is 2. The minimum absolute atomic E-state index is 0.196. The zero-order valence-corrected chi connectivity index (χ0v) is 19.6. The maximum Gasteiger partial charge on any atom is 0.317 e. The summed E-state index contributed by atoms with van der Waals surface area (Å²) in [7, 11) is 0. The number of aryl methyl sites for hydroxylation is 1. The monoisotopic (exact) mass is 463 g/mol. The van der Waals surface area contributed by atoms with Gasteiger partial charge in [0.1, 0.15) is 17.4 Å². The number of aromatic nitrogens is 1. The zero-order chi connectivity index (χ0) is 24.4. The van der Waals surface area contributed by atoms with Crippen LogP contribution >= 0.6 is 0 Å². The van der Waals surface area contributed by atoms with Crippen molar-refractivity contribution in [1.29, 1.82) is 0 Å². The molecule has 0 saturated carbocycles. The average Bonchev–Trinajstić information content (AvgIpc) is 3.42. The molecule has 0 bridgehead atoms. The molecule has 1 aliphatic carbocycles. The lowest BCUT2D eigenvalue weighted by molar-refractivity contribution is -0.150. The predicted molar refractivity (Wildman–Crippen MR) is 134 cm³/mol. The van der Waals surface area contributed by atoms with Gasteiger partial charge in [-0.15, -0.1) is 0 Å². The SMILES string of the molecule is CCOC(=O)C1C(=O)C(c2nc(-c3ccccc3)oc2C)=C(c2ccccc2)C1c1ccccc1. The van der Waals surface area contributed by atoms with Crippen molar-refractivity contribution in [3.63, 3.8) is 0 Å². The van der Waals surface area contributed by atoms with E-state index in [9.17, 15) is 9.59 Å². The molecular formula is C30H25NO4. The van der Waals surface area contributed by atoms with Crippen molar-refractivity contribution in [2.24, 2.45) is 5.92 Å². The highest BCUT2D eigenvalue weighted by atomic mass is 16.5. The van der Waals surface area contributed by atoms with Crippen LogP contribution in [0.2, 0.25) is 0 Å². The molecule has 2 atom stereocenters. The largest absolute Gasteiger partial charge is 0.465 e. The molecule has 1 aliphatic rings. The molecule has 0 spiro atoms. The highest BCUT2D eigenvalue weighted by Crippen LogP contribution is 2.51. The topological polar surface area (TPSA) is 69.4 Å². The molecule has 0 aliphatic heterocycles. The second-order valence-electron chi connectivity index (χ2n) is 8.43. The molecule has 0 amide bonds. The number of ketones is 1. The predicted octanol–water partition coefficient (Wildman–Crippen LogP) is 6.11. The molecule has 0 N–H and O–H groups in total. The minimum atomic E-state index is -1.00. The van der Waals surface area contributed by atoms with Crippen LogP contribution in [-0.2, 0) is 14.3 Å². The second kappa shape index (κ2) is 9.55. The van der Waals surface area contributed by atoms with Crippen LogP contribution in [0.4, 0.5) is 0 Å². The molecule has 5 rings (SSSR count). The van der Waals surface area contributed by atoms with Gasteiger partial charge in [-0.2, -0.15) is 0 Å². The summed E-state index contributed by atoms with van der Waals surface area (Å²) in [4.78, 5) is 32.0. The fraction of sp³-hybridized carbons (Fsp3) is 0.167. The van der Waals surface area contributed by atoms with Crippen LogP contribution in [0, 0.1) is 12.8 Å². The number of rotatable bonds is 6. The summed E-state index contributed by atoms with van der Waals surface area (Å²) in [5.74, 6) is -1.37. The maximum absolute atomic E-state index is 14.0. The van der Waals surface area contributed by atoms with Crippen molar-refractivity contribution in [2.75, 3.05) is 6.61 Å². The van der Waals surface area contributed by atoms with Crippen LogP contribution in [0.1, 0.15) is 35.4 Å². The van der Waals surface area contributed by atoms with E-state index in [2.05, 4.69) is 0 Å². The summed E-state index contributed by atoms with van der Waals surface area (Å²) in [6.07, 6.45) is 0. The molecule has 1 aromatic heterocycles. The number of allylic oxidation sites excluding steroid dienone is 2. The van der Waals surface area contributed by atoms with E-state index in [4.69, 9.17) is 14.1 Å². The van der Waals surface area contributed by atoms with Gasteiger partial charge in [-0.1, -0.05) is 78.9 Å². The van der Waals surface area contributed by atoms with Gasteiger partial charge in [-0.25, -0.2) is 4.98 Å². The quantitative estimate of drug-likeness (QED) is 0.255. The average molecular weight is 464 g/mol. The summed E-state index contributed by atoms with van der Waals surface area (Å²) in [6, 6.07) is 28.9. The van der Waals surface area contributed by atoms with E-state index in [0.29, 0.717) is 22.9 Å². The number of nitrogens with zero attached hydrogens (tertiary/aromatic N) is 1. The first-order valence-electron chi connectivity index (χ1n) is 11.7. The van der Waals surface area contributed by atoms with E-state index >= 15 is 0 Å². The van der Waals surface area contributed by atoms with Crippen molar-refractivity contribution in [1.82, 2.24) is 4.98 Å². The van der Waals surface area contributed by atoms with E-state index in [1.807, 2.05) is 91.0 Å². The van der Waals surface area contributed by atoms with Crippen molar-refractivity contribution in [2.45, 2.75) is 19.8 Å². The molecule has 174 valence electrons. The van der Waals surface area contributed by atoms with Gasteiger partial charge in [-0.3, -0.25) is 9.59 Å². The molecule has 4 aromatic rings. The van der Waals surface area contributed by atoms with Crippen LogP contribution in [0.3, 0.4) is 0 Å². The molecule has 1 heterocycles. The number of hydrogen-bond donors (Lipinski definition) is 0. The van der Waals surface area contributed by atoms with Crippen molar-refractivity contribution in [3.05, 3.63) is 114 Å². The lowest BCUT2D eigenvalue weighted by Gasteiger charge is -2.21. The Labute approximate surface area is 204 Å². The van der Waals surface area contributed by atoms with Crippen molar-refractivity contribution < 1.29 is 18.7 Å². The smallest absolute Gasteiger partial charge is 0.317 e. The van der Waals surface area contributed by atoms with Crippen LogP contribution in [0.25, 0.3) is 22.6 Å². The molecule has 0 saturated heterocycles. The number of Topliss-reactive ketones (excluding diaryl/α,β-unsaturated/α-hetero) is 1. The number of ether oxygens (including phenoxy) is 1. The lowest BCUT2D eigenvalue weighted by atomic mass is 9.82. The number of benzene rings is 3. The Balaban J connectivity index is 1.77. The van der Waals surface area contributed by atoms with Crippen molar-refractivity contribution in [3.8, 4) is 11.5 Å². The van der Waals surface area contributed by atoms with Gasteiger partial charge in [0.05, 0.1) is 12.2 Å². The molecule has 3 aromatic carbocycles. The van der Waals surface area contributed by atoms with E-state index in [0.717, 1.165) is 22.3 Å². The summed E-state index contributed by atoms with van der Waals surface area (Å²) in [5.41, 5.74) is 4.18. The van der Waals surface area contributed by atoms with E-state index in [-0.39, 0.29) is 12.4 Å². The van der Waals surface area contributed by atoms with Gasteiger partial charge in [-0.05, 0) is 42.7 Å². The molecular weight excluding hydrogens is 438 g/mol. The molecule has 5 nitrogen and oxygen atoms in total. The van der Waals surface area contributed by atoms with E-state index < -0.39 is 17.8 Å². The van der Waals surface area contributed by atoms with Crippen LogP contribution in [-0.4, -0.2) is 23.3 Å². The van der Waals surface area contributed by atoms with E-state index in [1.54, 1.807) is 13.8 Å². The van der Waals surface area contributed by atoms with Crippen LogP contribution in [0.15, 0.2) is 95.4 Å². The molecule has 2 unspecified atom stereocenters. The van der Waals surface area contributed by atoms with Gasteiger partial charge in [0, 0.05) is 11.5 Å². The van der Waals surface area contributed by atoms with Crippen molar-refractivity contribution >= 4 is 22.9 Å². The van der Waals surface area contributed by atoms with Gasteiger partial charge >= 0.3 is 5.97 Å². The Kier molecular flexibility index (Phi) is 6.15. The maximum atomic E-state index is 14.0. The summed E-state index contributed by atoms with van der Waals surface area (Å²) < 4.78 is 11.4. The molecule has 35 heavy (non-hydrogen) atoms. The fourth-order valence-electron chi connectivity index (χ4n) is 4.77. The van der Waals surface area contributed by atoms with Gasteiger partial charge in [0.15, 0.2) is 5.78 Å². The molecule has 0 fully saturated rings. The third-order valence-electron chi connectivity index (χ3n) is 6.28. The minimum Gasteiger partial charge on any atom is -0.465 e. The first-order valence-corrected chi connectivity index (χ1v) is 11.7. The number of carbonyl (C=O) groups excluding carboxylic acids is 2. The standard InChI is InChI=1S/C30H25NO4/c1-3-34-30(33)26-24(21-15-9-5-10-16-21)23(20-13-7-4-8-14-20)25(28(26)32)27-19(2)35-29(31-27)22-17-11-6-12-18-22/h4-18,24,26H,3H2,1-2H3. The highest BCUT2D eigenvalue weighted by Gasteiger charge is 2.49. The Hall–Kier alpha value is -4.25. The molecule has 5 heteroatoms. The Morgan fingerprint density at radius 2 is 1.46 bits per heavy atom.